The third-order valence-electron chi connectivity index (χ3n) is 1.35. The van der Waals surface area contributed by atoms with Gasteiger partial charge in [0.2, 0.25) is 0 Å². The average Bonchev–Trinajstić information content (AvgIpc) is 2.09. The average molecular weight is 312 g/mol. The Kier molecular flexibility index (Phi) is 3.80. The van der Waals surface area contributed by atoms with Gasteiger partial charge in [-0.05, 0) is 40.8 Å². The zero-order valence-corrected chi connectivity index (χ0v) is 9.72. The highest BCUT2D eigenvalue weighted by atomic mass is 127. The van der Waals surface area contributed by atoms with E-state index in [0.717, 1.165) is 3.57 Å². The number of anilines is 1. The number of carbonyl (C=O) groups excluding carboxylic acids is 1. The lowest BCUT2D eigenvalue weighted by Gasteiger charge is -2.05. The standard InChI is InChI=1S/C8H7ClINO2/c1-13-8(12)11-7-3-2-5(10)4-6(7)9/h2-4H,1H3,(H,11,12). The summed E-state index contributed by atoms with van der Waals surface area (Å²) >= 11 is 7.99. The van der Waals surface area contributed by atoms with Crippen molar-refractivity contribution in [3.63, 3.8) is 0 Å². The smallest absolute Gasteiger partial charge is 0.411 e. The summed E-state index contributed by atoms with van der Waals surface area (Å²) in [7, 11) is 1.30. The van der Waals surface area contributed by atoms with Gasteiger partial charge in [-0.2, -0.15) is 0 Å². The van der Waals surface area contributed by atoms with Crippen LogP contribution >= 0.6 is 34.2 Å². The lowest BCUT2D eigenvalue weighted by atomic mass is 10.3. The molecular weight excluding hydrogens is 304 g/mol. The number of ether oxygens (including phenoxy) is 1. The number of benzene rings is 1. The molecule has 1 amide bonds. The van der Waals surface area contributed by atoms with E-state index in [1.807, 2.05) is 6.07 Å². The summed E-state index contributed by atoms with van der Waals surface area (Å²) < 4.78 is 5.44. The Bertz CT molecular complexity index is 330. The fourth-order valence-corrected chi connectivity index (χ4v) is 1.65. The third-order valence-corrected chi connectivity index (χ3v) is 2.34. The van der Waals surface area contributed by atoms with Crippen LogP contribution in [0, 0.1) is 3.57 Å². The Labute approximate surface area is 94.6 Å². The van der Waals surface area contributed by atoms with E-state index in [1.54, 1.807) is 12.1 Å². The van der Waals surface area contributed by atoms with Gasteiger partial charge >= 0.3 is 6.09 Å². The molecule has 70 valence electrons. The van der Waals surface area contributed by atoms with Crippen LogP contribution in [0.15, 0.2) is 18.2 Å². The molecule has 0 saturated carbocycles. The predicted octanol–water partition coefficient (Wildman–Crippen LogP) is 3.12. The summed E-state index contributed by atoms with van der Waals surface area (Å²) in [5.41, 5.74) is 0.550. The second kappa shape index (κ2) is 4.66. The highest BCUT2D eigenvalue weighted by Gasteiger charge is 2.04. The molecule has 13 heavy (non-hydrogen) atoms. The summed E-state index contributed by atoms with van der Waals surface area (Å²) in [6.45, 7) is 0. The highest BCUT2D eigenvalue weighted by Crippen LogP contribution is 2.23. The molecule has 0 spiro atoms. The molecule has 0 bridgehead atoms. The molecule has 0 aromatic heterocycles. The number of carbonyl (C=O) groups is 1. The molecule has 1 aromatic carbocycles. The predicted molar refractivity (Wildman–Crippen MR) is 60.2 cm³/mol. The van der Waals surface area contributed by atoms with Crippen molar-refractivity contribution in [2.75, 3.05) is 12.4 Å². The minimum Gasteiger partial charge on any atom is -0.453 e. The largest absolute Gasteiger partial charge is 0.453 e. The molecule has 0 atom stereocenters. The Balaban J connectivity index is 2.83. The zero-order valence-electron chi connectivity index (χ0n) is 6.80. The van der Waals surface area contributed by atoms with Crippen LogP contribution in [0.3, 0.4) is 0 Å². The summed E-state index contributed by atoms with van der Waals surface area (Å²) in [6, 6.07) is 5.33. The first-order chi connectivity index (χ1) is 6.13. The van der Waals surface area contributed by atoms with Crippen molar-refractivity contribution in [3.05, 3.63) is 26.8 Å². The fraction of sp³-hybridized carbons (Fsp3) is 0.125. The van der Waals surface area contributed by atoms with Crippen LogP contribution in [0.4, 0.5) is 10.5 Å². The van der Waals surface area contributed by atoms with E-state index in [1.165, 1.54) is 7.11 Å². The Morgan fingerprint density at radius 2 is 2.31 bits per heavy atom. The number of halogens is 2. The molecule has 0 saturated heterocycles. The fourth-order valence-electron chi connectivity index (χ4n) is 0.752. The maximum atomic E-state index is 10.8. The summed E-state index contributed by atoms with van der Waals surface area (Å²) in [5.74, 6) is 0. The molecule has 0 aliphatic heterocycles. The molecule has 0 unspecified atom stereocenters. The minimum absolute atomic E-state index is 0.498. The SMILES string of the molecule is COC(=O)Nc1ccc(I)cc1Cl. The maximum absolute atomic E-state index is 10.8. The van der Waals surface area contributed by atoms with Gasteiger partial charge in [0.15, 0.2) is 0 Å². The van der Waals surface area contributed by atoms with Crippen molar-refractivity contribution in [2.45, 2.75) is 0 Å². The first kappa shape index (κ1) is 10.6. The van der Waals surface area contributed by atoms with Crippen molar-refractivity contribution < 1.29 is 9.53 Å². The Morgan fingerprint density at radius 3 is 2.85 bits per heavy atom. The molecule has 0 heterocycles. The zero-order chi connectivity index (χ0) is 9.84. The molecule has 0 aliphatic rings. The van der Waals surface area contributed by atoms with E-state index >= 15 is 0 Å². The van der Waals surface area contributed by atoms with Crippen LogP contribution in [0.2, 0.25) is 5.02 Å². The molecule has 0 aliphatic carbocycles. The molecular formula is C8H7ClINO2. The summed E-state index contributed by atoms with van der Waals surface area (Å²) in [6.07, 6.45) is -0.525. The molecule has 3 nitrogen and oxygen atoms in total. The number of rotatable bonds is 1. The lowest BCUT2D eigenvalue weighted by Crippen LogP contribution is -2.11. The quantitative estimate of drug-likeness (QED) is 0.809. The first-order valence-electron chi connectivity index (χ1n) is 3.43. The number of nitrogens with one attached hydrogen (secondary N) is 1. The van der Waals surface area contributed by atoms with E-state index < -0.39 is 6.09 Å². The monoisotopic (exact) mass is 311 g/mol. The van der Waals surface area contributed by atoms with Crippen molar-refractivity contribution in [1.29, 1.82) is 0 Å². The van der Waals surface area contributed by atoms with Crippen molar-refractivity contribution in [2.24, 2.45) is 0 Å². The molecule has 1 aromatic rings. The normalized spacial score (nSPS) is 9.46. The van der Waals surface area contributed by atoms with Crippen molar-refractivity contribution >= 4 is 46.0 Å². The van der Waals surface area contributed by atoms with Crippen LogP contribution in [0.5, 0.6) is 0 Å². The van der Waals surface area contributed by atoms with E-state index in [4.69, 9.17) is 11.6 Å². The van der Waals surface area contributed by atoms with Gasteiger partial charge in [-0.1, -0.05) is 11.6 Å². The van der Waals surface area contributed by atoms with Crippen LogP contribution in [-0.2, 0) is 4.74 Å². The van der Waals surface area contributed by atoms with E-state index in [2.05, 4.69) is 32.6 Å². The number of hydrogen-bond acceptors (Lipinski definition) is 2. The van der Waals surface area contributed by atoms with Crippen molar-refractivity contribution in [3.8, 4) is 0 Å². The van der Waals surface area contributed by atoms with E-state index in [0.29, 0.717) is 10.7 Å². The molecule has 1 rings (SSSR count). The lowest BCUT2D eigenvalue weighted by molar-refractivity contribution is 0.187. The van der Waals surface area contributed by atoms with E-state index in [9.17, 15) is 4.79 Å². The van der Waals surface area contributed by atoms with Gasteiger partial charge in [-0.25, -0.2) is 4.79 Å². The Hall–Kier alpha value is -0.490. The Morgan fingerprint density at radius 1 is 1.62 bits per heavy atom. The van der Waals surface area contributed by atoms with Gasteiger partial charge in [0.1, 0.15) is 0 Å². The molecule has 0 radical (unpaired) electrons. The number of methoxy groups -OCH3 is 1. The van der Waals surface area contributed by atoms with Crippen LogP contribution in [0.25, 0.3) is 0 Å². The second-order valence-corrected chi connectivity index (χ2v) is 3.89. The molecule has 1 N–H and O–H groups in total. The molecule has 0 fully saturated rings. The minimum atomic E-state index is -0.525. The topological polar surface area (TPSA) is 38.3 Å². The van der Waals surface area contributed by atoms with Gasteiger partial charge in [0, 0.05) is 3.57 Å². The van der Waals surface area contributed by atoms with Crippen LogP contribution in [-0.4, -0.2) is 13.2 Å². The van der Waals surface area contributed by atoms with Gasteiger partial charge < -0.3 is 4.74 Å². The molecule has 5 heteroatoms. The van der Waals surface area contributed by atoms with Crippen molar-refractivity contribution in [1.82, 2.24) is 0 Å². The third kappa shape index (κ3) is 3.04. The number of amides is 1. The van der Waals surface area contributed by atoms with E-state index in [-0.39, 0.29) is 0 Å². The summed E-state index contributed by atoms with van der Waals surface area (Å²) in [5, 5.41) is 2.99. The van der Waals surface area contributed by atoms with Crippen LogP contribution < -0.4 is 5.32 Å². The summed E-state index contributed by atoms with van der Waals surface area (Å²) in [4.78, 5) is 10.8. The highest BCUT2D eigenvalue weighted by molar-refractivity contribution is 14.1. The first-order valence-corrected chi connectivity index (χ1v) is 4.89. The van der Waals surface area contributed by atoms with Gasteiger partial charge in [-0.15, -0.1) is 0 Å². The number of hydrogen-bond donors (Lipinski definition) is 1. The van der Waals surface area contributed by atoms with Gasteiger partial charge in [-0.3, -0.25) is 5.32 Å². The second-order valence-electron chi connectivity index (χ2n) is 2.24. The van der Waals surface area contributed by atoms with Crippen LogP contribution in [0.1, 0.15) is 0 Å². The van der Waals surface area contributed by atoms with Gasteiger partial charge in [0.05, 0.1) is 17.8 Å². The maximum Gasteiger partial charge on any atom is 0.411 e. The van der Waals surface area contributed by atoms with Gasteiger partial charge in [0.25, 0.3) is 0 Å².